The molecule has 18 heavy (non-hydrogen) atoms. The van der Waals surface area contributed by atoms with E-state index in [1.54, 1.807) is 11.3 Å². The van der Waals surface area contributed by atoms with Crippen LogP contribution in [0.1, 0.15) is 39.0 Å². The molecule has 0 spiro atoms. The van der Waals surface area contributed by atoms with Gasteiger partial charge in [-0.1, -0.05) is 27.7 Å². The summed E-state index contributed by atoms with van der Waals surface area (Å²) in [6.07, 6.45) is 1.01. The number of rotatable bonds is 5. The molecular formula is C14H25BrN2S. The van der Waals surface area contributed by atoms with Gasteiger partial charge in [-0.15, -0.1) is 11.3 Å². The first-order valence-electron chi connectivity index (χ1n) is 6.44. The zero-order valence-electron chi connectivity index (χ0n) is 12.0. The lowest BCUT2D eigenvalue weighted by atomic mass is 9.80. The number of nitrogens with two attached hydrogens (primary N) is 1. The van der Waals surface area contributed by atoms with Crippen LogP contribution in [0.5, 0.6) is 0 Å². The molecule has 2 nitrogen and oxygen atoms in total. The molecule has 0 aliphatic rings. The van der Waals surface area contributed by atoms with Gasteiger partial charge < -0.3 is 5.73 Å². The molecule has 0 saturated heterocycles. The molecule has 2 N–H and O–H groups in total. The maximum atomic E-state index is 6.32. The van der Waals surface area contributed by atoms with Crippen molar-refractivity contribution in [3.05, 3.63) is 20.8 Å². The molecule has 1 heterocycles. The fourth-order valence-electron chi connectivity index (χ4n) is 2.63. The standard InChI is InChI=1S/C14H25BrN2S/c1-6-12(16)13(14(2,3)4)17(5)8-11-7-10(15)9-18-11/h7,9,12-13H,6,8,16H2,1-5H3. The van der Waals surface area contributed by atoms with E-state index in [9.17, 15) is 0 Å². The van der Waals surface area contributed by atoms with E-state index < -0.39 is 0 Å². The Hall–Kier alpha value is 0.1000. The fraction of sp³-hybridized carbons (Fsp3) is 0.714. The van der Waals surface area contributed by atoms with Gasteiger partial charge in [-0.05, 0) is 40.9 Å². The second-order valence-electron chi connectivity index (χ2n) is 6.03. The minimum atomic E-state index is 0.193. The van der Waals surface area contributed by atoms with Crippen molar-refractivity contribution in [2.75, 3.05) is 7.05 Å². The largest absolute Gasteiger partial charge is 0.326 e. The van der Waals surface area contributed by atoms with Crippen molar-refractivity contribution in [3.63, 3.8) is 0 Å². The van der Waals surface area contributed by atoms with Crippen molar-refractivity contribution >= 4 is 27.3 Å². The maximum absolute atomic E-state index is 6.32. The third-order valence-electron chi connectivity index (χ3n) is 3.27. The predicted octanol–water partition coefficient (Wildman–Crippen LogP) is 4.09. The fourth-order valence-corrected chi connectivity index (χ4v) is 4.15. The summed E-state index contributed by atoms with van der Waals surface area (Å²) in [6.45, 7) is 9.95. The number of nitrogens with zero attached hydrogens (tertiary/aromatic N) is 1. The zero-order valence-corrected chi connectivity index (χ0v) is 14.4. The smallest absolute Gasteiger partial charge is 0.0329 e. The van der Waals surface area contributed by atoms with Crippen molar-refractivity contribution in [2.45, 2.75) is 52.7 Å². The molecule has 0 aliphatic heterocycles. The predicted molar refractivity (Wildman–Crippen MR) is 85.0 cm³/mol. The van der Waals surface area contributed by atoms with Crippen LogP contribution in [0, 0.1) is 5.41 Å². The van der Waals surface area contributed by atoms with Crippen LogP contribution in [-0.4, -0.2) is 24.0 Å². The Morgan fingerprint density at radius 3 is 2.44 bits per heavy atom. The van der Waals surface area contributed by atoms with E-state index in [0.29, 0.717) is 6.04 Å². The number of thiophene rings is 1. The summed E-state index contributed by atoms with van der Waals surface area (Å²) in [5.41, 5.74) is 6.51. The summed E-state index contributed by atoms with van der Waals surface area (Å²) < 4.78 is 1.17. The Labute approximate surface area is 124 Å². The van der Waals surface area contributed by atoms with Gasteiger partial charge in [-0.3, -0.25) is 4.90 Å². The first-order chi connectivity index (χ1) is 8.25. The zero-order chi connectivity index (χ0) is 13.9. The molecule has 2 unspecified atom stereocenters. The Balaban J connectivity index is 2.79. The Kier molecular flexibility index (Phi) is 5.84. The van der Waals surface area contributed by atoms with Crippen molar-refractivity contribution in [1.29, 1.82) is 0 Å². The van der Waals surface area contributed by atoms with Crippen LogP contribution >= 0.6 is 27.3 Å². The van der Waals surface area contributed by atoms with Gasteiger partial charge in [-0.25, -0.2) is 0 Å². The van der Waals surface area contributed by atoms with Gasteiger partial charge in [0.15, 0.2) is 0 Å². The van der Waals surface area contributed by atoms with Gasteiger partial charge in [0.2, 0.25) is 0 Å². The molecule has 2 atom stereocenters. The average molecular weight is 333 g/mol. The third-order valence-corrected chi connectivity index (χ3v) is 4.95. The van der Waals surface area contributed by atoms with E-state index in [4.69, 9.17) is 5.73 Å². The summed E-state index contributed by atoms with van der Waals surface area (Å²) in [5, 5.41) is 2.13. The van der Waals surface area contributed by atoms with E-state index in [1.165, 1.54) is 9.35 Å². The van der Waals surface area contributed by atoms with Crippen LogP contribution < -0.4 is 5.73 Å². The van der Waals surface area contributed by atoms with Crippen LogP contribution in [0.4, 0.5) is 0 Å². The molecule has 0 saturated carbocycles. The highest BCUT2D eigenvalue weighted by atomic mass is 79.9. The molecule has 1 rings (SSSR count). The summed E-state index contributed by atoms with van der Waals surface area (Å²) in [5.74, 6) is 0. The molecule has 4 heteroatoms. The number of likely N-dealkylation sites (N-methyl/N-ethyl adjacent to an activating group) is 1. The molecule has 1 aromatic rings. The van der Waals surface area contributed by atoms with Crippen molar-refractivity contribution in [3.8, 4) is 0 Å². The van der Waals surface area contributed by atoms with Gasteiger partial charge in [0, 0.05) is 33.4 Å². The monoisotopic (exact) mass is 332 g/mol. The summed E-state index contributed by atoms with van der Waals surface area (Å²) in [7, 11) is 2.18. The molecule has 0 aliphatic carbocycles. The van der Waals surface area contributed by atoms with E-state index in [1.807, 2.05) is 0 Å². The van der Waals surface area contributed by atoms with Crippen LogP contribution in [0.15, 0.2) is 15.9 Å². The molecule has 104 valence electrons. The minimum absolute atomic E-state index is 0.193. The van der Waals surface area contributed by atoms with Crippen LogP contribution in [0.2, 0.25) is 0 Å². The van der Waals surface area contributed by atoms with Gasteiger partial charge in [0.05, 0.1) is 0 Å². The Bertz CT molecular complexity index is 370. The summed E-state index contributed by atoms with van der Waals surface area (Å²) in [4.78, 5) is 3.77. The average Bonchev–Trinajstić information content (AvgIpc) is 2.61. The lowest BCUT2D eigenvalue weighted by molar-refractivity contribution is 0.0947. The number of hydrogen-bond donors (Lipinski definition) is 1. The van der Waals surface area contributed by atoms with Crippen molar-refractivity contribution < 1.29 is 0 Å². The third kappa shape index (κ3) is 4.34. The van der Waals surface area contributed by atoms with E-state index in [2.05, 4.69) is 67.0 Å². The Morgan fingerprint density at radius 1 is 1.44 bits per heavy atom. The van der Waals surface area contributed by atoms with Crippen LogP contribution in [-0.2, 0) is 6.54 Å². The first-order valence-corrected chi connectivity index (χ1v) is 8.11. The van der Waals surface area contributed by atoms with E-state index in [0.717, 1.165) is 13.0 Å². The summed E-state index contributed by atoms with van der Waals surface area (Å²) >= 11 is 5.30. The number of halogens is 1. The Morgan fingerprint density at radius 2 is 2.06 bits per heavy atom. The molecular weight excluding hydrogens is 308 g/mol. The molecule has 0 fully saturated rings. The molecule has 1 aromatic heterocycles. The summed E-state index contributed by atoms with van der Waals surface area (Å²) in [6, 6.07) is 2.81. The highest BCUT2D eigenvalue weighted by Gasteiger charge is 2.32. The lowest BCUT2D eigenvalue weighted by Crippen LogP contribution is -2.52. The highest BCUT2D eigenvalue weighted by Crippen LogP contribution is 2.29. The van der Waals surface area contributed by atoms with Gasteiger partial charge in [0.1, 0.15) is 0 Å². The van der Waals surface area contributed by atoms with E-state index >= 15 is 0 Å². The lowest BCUT2D eigenvalue weighted by Gasteiger charge is -2.41. The highest BCUT2D eigenvalue weighted by molar-refractivity contribution is 9.10. The molecule has 0 aromatic carbocycles. The topological polar surface area (TPSA) is 29.3 Å². The number of hydrogen-bond acceptors (Lipinski definition) is 3. The van der Waals surface area contributed by atoms with Gasteiger partial charge >= 0.3 is 0 Å². The van der Waals surface area contributed by atoms with Gasteiger partial charge in [-0.2, -0.15) is 0 Å². The minimum Gasteiger partial charge on any atom is -0.326 e. The van der Waals surface area contributed by atoms with Crippen molar-refractivity contribution in [2.24, 2.45) is 11.1 Å². The normalized spacial score (nSPS) is 16.0. The molecule has 0 amide bonds. The van der Waals surface area contributed by atoms with Gasteiger partial charge in [0.25, 0.3) is 0 Å². The second kappa shape index (κ2) is 6.51. The van der Waals surface area contributed by atoms with Crippen LogP contribution in [0.25, 0.3) is 0 Å². The first kappa shape index (κ1) is 16.2. The van der Waals surface area contributed by atoms with Crippen LogP contribution in [0.3, 0.4) is 0 Å². The van der Waals surface area contributed by atoms with Crippen molar-refractivity contribution in [1.82, 2.24) is 4.90 Å². The molecule has 0 radical (unpaired) electrons. The molecule has 0 bridgehead atoms. The second-order valence-corrected chi connectivity index (χ2v) is 7.94. The quantitative estimate of drug-likeness (QED) is 0.879. The SMILES string of the molecule is CCC(N)C(N(C)Cc1cc(Br)cs1)C(C)(C)C. The maximum Gasteiger partial charge on any atom is 0.0329 e. The van der Waals surface area contributed by atoms with E-state index in [-0.39, 0.29) is 11.5 Å².